The Kier molecular flexibility index (Phi) is 4.55. The van der Waals surface area contributed by atoms with Gasteiger partial charge in [-0.1, -0.05) is 12.8 Å². The molecule has 3 rings (SSSR count). The summed E-state index contributed by atoms with van der Waals surface area (Å²) < 4.78 is 1.57. The number of hydrogen-bond acceptors (Lipinski definition) is 4. The smallest absolute Gasteiger partial charge is 0.227 e. The van der Waals surface area contributed by atoms with Crippen molar-refractivity contribution in [2.45, 2.75) is 45.1 Å². The van der Waals surface area contributed by atoms with E-state index in [0.717, 1.165) is 25.7 Å². The molecule has 0 spiro atoms. The number of carbonyl (C=O) groups is 2. The van der Waals surface area contributed by atoms with Crippen LogP contribution in [0.4, 0.5) is 5.82 Å². The molecule has 7 nitrogen and oxygen atoms in total. The number of hydrogen-bond donors (Lipinski definition) is 2. The largest absolute Gasteiger partial charge is 0.353 e. The predicted octanol–water partition coefficient (Wildman–Crippen LogP) is 1.75. The molecule has 1 aliphatic carbocycles. The SMILES string of the molecule is C[C@@H](CC(=O)Nc1ccnc2ccnn12)NC(=O)C1CCCC1. The van der Waals surface area contributed by atoms with Crippen molar-refractivity contribution in [1.29, 1.82) is 0 Å². The van der Waals surface area contributed by atoms with Crippen LogP contribution < -0.4 is 10.6 Å². The molecule has 23 heavy (non-hydrogen) atoms. The van der Waals surface area contributed by atoms with Crippen LogP contribution in [0.15, 0.2) is 24.5 Å². The number of nitrogens with zero attached hydrogens (tertiary/aromatic N) is 3. The van der Waals surface area contributed by atoms with Gasteiger partial charge in [0.2, 0.25) is 11.8 Å². The predicted molar refractivity (Wildman–Crippen MR) is 85.8 cm³/mol. The van der Waals surface area contributed by atoms with E-state index in [4.69, 9.17) is 0 Å². The fraction of sp³-hybridized carbons (Fsp3) is 0.500. The van der Waals surface area contributed by atoms with Crippen molar-refractivity contribution in [2.75, 3.05) is 5.32 Å². The van der Waals surface area contributed by atoms with Crippen molar-refractivity contribution in [3.63, 3.8) is 0 Å². The lowest BCUT2D eigenvalue weighted by atomic mass is 10.1. The zero-order valence-corrected chi connectivity index (χ0v) is 13.2. The van der Waals surface area contributed by atoms with E-state index >= 15 is 0 Å². The van der Waals surface area contributed by atoms with Crippen LogP contribution in [-0.2, 0) is 9.59 Å². The van der Waals surface area contributed by atoms with E-state index < -0.39 is 0 Å². The second kappa shape index (κ2) is 6.76. The maximum Gasteiger partial charge on any atom is 0.227 e. The summed E-state index contributed by atoms with van der Waals surface area (Å²) in [6.45, 7) is 1.85. The summed E-state index contributed by atoms with van der Waals surface area (Å²) in [6, 6.07) is 3.26. The first-order valence-electron chi connectivity index (χ1n) is 8.02. The van der Waals surface area contributed by atoms with E-state index in [1.807, 2.05) is 6.92 Å². The molecule has 0 saturated heterocycles. The van der Waals surface area contributed by atoms with Crippen molar-refractivity contribution < 1.29 is 9.59 Å². The van der Waals surface area contributed by atoms with Crippen molar-refractivity contribution >= 4 is 23.3 Å². The molecule has 0 aliphatic heterocycles. The first-order valence-corrected chi connectivity index (χ1v) is 8.02. The maximum absolute atomic E-state index is 12.2. The summed E-state index contributed by atoms with van der Waals surface area (Å²) in [5.74, 6) is 0.595. The zero-order chi connectivity index (χ0) is 16.2. The number of nitrogens with one attached hydrogen (secondary N) is 2. The van der Waals surface area contributed by atoms with Crippen LogP contribution in [0.25, 0.3) is 5.65 Å². The first-order chi connectivity index (χ1) is 11.1. The van der Waals surface area contributed by atoms with Crippen LogP contribution in [0.5, 0.6) is 0 Å². The van der Waals surface area contributed by atoms with Crippen LogP contribution in [0.2, 0.25) is 0 Å². The van der Waals surface area contributed by atoms with Crippen LogP contribution >= 0.6 is 0 Å². The fourth-order valence-corrected chi connectivity index (χ4v) is 3.00. The Bertz CT molecular complexity index is 705. The summed E-state index contributed by atoms with van der Waals surface area (Å²) in [4.78, 5) is 28.4. The van der Waals surface area contributed by atoms with E-state index in [1.54, 1.807) is 29.0 Å². The van der Waals surface area contributed by atoms with E-state index in [1.165, 1.54) is 0 Å². The van der Waals surface area contributed by atoms with Gasteiger partial charge in [-0.15, -0.1) is 0 Å². The average Bonchev–Trinajstić information content (AvgIpc) is 3.19. The molecular weight excluding hydrogens is 294 g/mol. The lowest BCUT2D eigenvalue weighted by molar-refractivity contribution is -0.125. The molecule has 0 bridgehead atoms. The minimum absolute atomic E-state index is 0.0705. The van der Waals surface area contributed by atoms with Gasteiger partial charge in [0.25, 0.3) is 0 Å². The van der Waals surface area contributed by atoms with E-state index in [9.17, 15) is 9.59 Å². The first kappa shape index (κ1) is 15.5. The summed E-state index contributed by atoms with van der Waals surface area (Å²) in [5, 5.41) is 9.87. The summed E-state index contributed by atoms with van der Waals surface area (Å²) >= 11 is 0. The number of fused-ring (bicyclic) bond motifs is 1. The molecule has 7 heteroatoms. The van der Waals surface area contributed by atoms with Crippen LogP contribution in [0.3, 0.4) is 0 Å². The highest BCUT2D eigenvalue weighted by atomic mass is 16.2. The average molecular weight is 315 g/mol. The van der Waals surface area contributed by atoms with Gasteiger partial charge >= 0.3 is 0 Å². The summed E-state index contributed by atoms with van der Waals surface area (Å²) in [6.07, 6.45) is 7.63. The Morgan fingerprint density at radius 2 is 2.09 bits per heavy atom. The Hall–Kier alpha value is -2.44. The van der Waals surface area contributed by atoms with Gasteiger partial charge in [-0.25, -0.2) is 4.98 Å². The normalized spacial score (nSPS) is 16.4. The Labute approximate surface area is 134 Å². The van der Waals surface area contributed by atoms with E-state index in [2.05, 4.69) is 20.7 Å². The topological polar surface area (TPSA) is 88.4 Å². The molecule has 1 saturated carbocycles. The number of aromatic nitrogens is 3. The van der Waals surface area contributed by atoms with Gasteiger partial charge in [-0.2, -0.15) is 9.61 Å². The molecular formula is C16H21N5O2. The third kappa shape index (κ3) is 3.67. The van der Waals surface area contributed by atoms with Crippen LogP contribution in [0, 0.1) is 5.92 Å². The minimum Gasteiger partial charge on any atom is -0.353 e. The van der Waals surface area contributed by atoms with Gasteiger partial charge in [0.05, 0.1) is 6.20 Å². The Morgan fingerprint density at radius 3 is 2.87 bits per heavy atom. The molecule has 0 radical (unpaired) electrons. The summed E-state index contributed by atoms with van der Waals surface area (Å²) in [5.41, 5.74) is 0.672. The molecule has 2 aromatic heterocycles. The van der Waals surface area contributed by atoms with Gasteiger partial charge in [0, 0.05) is 30.6 Å². The molecule has 2 N–H and O–H groups in total. The highest BCUT2D eigenvalue weighted by Crippen LogP contribution is 2.24. The second-order valence-corrected chi connectivity index (χ2v) is 6.07. The number of rotatable bonds is 5. The molecule has 2 aromatic rings. The fourth-order valence-electron chi connectivity index (χ4n) is 3.00. The van der Waals surface area contributed by atoms with Crippen molar-refractivity contribution in [3.8, 4) is 0 Å². The van der Waals surface area contributed by atoms with E-state index in [-0.39, 0.29) is 30.2 Å². The maximum atomic E-state index is 12.2. The Balaban J connectivity index is 1.54. The molecule has 2 heterocycles. The summed E-state index contributed by atoms with van der Waals surface area (Å²) in [7, 11) is 0. The standard InChI is InChI=1S/C16H21N5O2/c1-11(19-16(23)12-4-2-3-5-12)10-15(22)20-14-6-8-17-13-7-9-18-21(13)14/h6-9,11-12H,2-5,10H2,1H3,(H,19,23)(H,20,22)/t11-/m0/s1. The van der Waals surface area contributed by atoms with Crippen molar-refractivity contribution in [3.05, 3.63) is 24.5 Å². The zero-order valence-electron chi connectivity index (χ0n) is 13.2. The molecule has 1 fully saturated rings. The van der Waals surface area contributed by atoms with Crippen molar-refractivity contribution in [1.82, 2.24) is 19.9 Å². The number of anilines is 1. The highest BCUT2D eigenvalue weighted by Gasteiger charge is 2.24. The van der Waals surface area contributed by atoms with Gasteiger partial charge < -0.3 is 10.6 Å². The lowest BCUT2D eigenvalue weighted by Crippen LogP contribution is -2.38. The number of carbonyl (C=O) groups excluding carboxylic acids is 2. The number of amides is 2. The molecule has 1 aliphatic rings. The molecule has 0 unspecified atom stereocenters. The van der Waals surface area contributed by atoms with Crippen LogP contribution in [-0.4, -0.2) is 32.5 Å². The quantitative estimate of drug-likeness (QED) is 0.880. The van der Waals surface area contributed by atoms with Gasteiger partial charge in [-0.3, -0.25) is 9.59 Å². The van der Waals surface area contributed by atoms with E-state index in [0.29, 0.717) is 11.5 Å². The highest BCUT2D eigenvalue weighted by molar-refractivity contribution is 5.91. The Morgan fingerprint density at radius 1 is 1.30 bits per heavy atom. The minimum atomic E-state index is -0.196. The van der Waals surface area contributed by atoms with Gasteiger partial charge in [0.1, 0.15) is 5.82 Å². The van der Waals surface area contributed by atoms with Gasteiger partial charge in [0.15, 0.2) is 5.65 Å². The molecule has 0 aromatic carbocycles. The lowest BCUT2D eigenvalue weighted by Gasteiger charge is -2.16. The van der Waals surface area contributed by atoms with Gasteiger partial charge in [-0.05, 0) is 25.8 Å². The monoisotopic (exact) mass is 315 g/mol. The third-order valence-electron chi connectivity index (χ3n) is 4.16. The molecule has 2 amide bonds. The third-order valence-corrected chi connectivity index (χ3v) is 4.16. The molecule has 1 atom stereocenters. The van der Waals surface area contributed by atoms with Crippen LogP contribution in [0.1, 0.15) is 39.0 Å². The molecule has 122 valence electrons. The second-order valence-electron chi connectivity index (χ2n) is 6.07. The van der Waals surface area contributed by atoms with Crippen molar-refractivity contribution in [2.24, 2.45) is 5.92 Å².